The largest absolute Gasteiger partial charge is 0.454 e. The van der Waals surface area contributed by atoms with Crippen LogP contribution in [-0.2, 0) is 16.0 Å². The lowest BCUT2D eigenvalue weighted by atomic mass is 9.95. The third-order valence-electron chi connectivity index (χ3n) is 4.36. The maximum absolute atomic E-state index is 12.1. The third kappa shape index (κ3) is 4.42. The minimum absolute atomic E-state index is 0.0620. The van der Waals surface area contributed by atoms with Crippen LogP contribution in [0.5, 0.6) is 11.5 Å². The van der Waals surface area contributed by atoms with Gasteiger partial charge in [0.05, 0.1) is 11.7 Å². The van der Waals surface area contributed by atoms with Crippen molar-refractivity contribution in [1.82, 2.24) is 20.8 Å². The smallest absolute Gasteiger partial charge is 0.321 e. The molecule has 0 radical (unpaired) electrons. The van der Waals surface area contributed by atoms with Gasteiger partial charge in [0.1, 0.15) is 0 Å². The van der Waals surface area contributed by atoms with Crippen LogP contribution >= 0.6 is 11.8 Å². The third-order valence-corrected chi connectivity index (χ3v) is 5.18. The number of fused-ring (bicyclic) bond motifs is 1. The van der Waals surface area contributed by atoms with E-state index in [0.29, 0.717) is 17.2 Å². The number of hydrogen-bond acceptors (Lipinski definition) is 9. The number of anilines is 1. The van der Waals surface area contributed by atoms with Gasteiger partial charge in [-0.2, -0.15) is 0 Å². The van der Waals surface area contributed by atoms with E-state index in [1.807, 2.05) is 0 Å². The number of carbonyl (C=O) groups excluding carboxylic acids is 3. The fourth-order valence-electron chi connectivity index (χ4n) is 2.91. The number of imide groups is 1. The van der Waals surface area contributed by atoms with Crippen molar-refractivity contribution in [1.29, 1.82) is 0 Å². The summed E-state index contributed by atoms with van der Waals surface area (Å²) in [6.45, 7) is 1.89. The van der Waals surface area contributed by atoms with E-state index in [0.717, 1.165) is 11.8 Å². The zero-order valence-electron chi connectivity index (χ0n) is 15.3. The zero-order chi connectivity index (χ0) is 20.4. The van der Waals surface area contributed by atoms with Crippen molar-refractivity contribution >= 4 is 35.3 Å². The van der Waals surface area contributed by atoms with E-state index >= 15 is 0 Å². The molecule has 0 aliphatic carbocycles. The number of carbonyl (C=O) groups is 3. The molecule has 2 aromatic rings. The lowest BCUT2D eigenvalue weighted by Gasteiger charge is -2.27. The van der Waals surface area contributed by atoms with Crippen LogP contribution in [0.2, 0.25) is 0 Å². The van der Waals surface area contributed by atoms with Crippen molar-refractivity contribution in [2.24, 2.45) is 5.92 Å². The Balaban J connectivity index is 1.28. The van der Waals surface area contributed by atoms with Crippen LogP contribution in [0.1, 0.15) is 12.8 Å². The molecule has 0 saturated carbocycles. The van der Waals surface area contributed by atoms with Gasteiger partial charge in [0.15, 0.2) is 11.5 Å². The molecule has 12 heteroatoms. The molecule has 3 N–H and O–H groups in total. The fourth-order valence-corrected chi connectivity index (χ4v) is 3.49. The van der Waals surface area contributed by atoms with Crippen molar-refractivity contribution in [3.8, 4) is 11.5 Å². The van der Waals surface area contributed by atoms with Gasteiger partial charge in [-0.15, -0.1) is 10.2 Å². The molecular weight excluding hydrogens is 402 g/mol. The molecule has 4 amide bonds. The number of amides is 4. The second kappa shape index (κ2) is 7.99. The molecule has 2 unspecified atom stereocenters. The molecule has 2 aliphatic rings. The van der Waals surface area contributed by atoms with Crippen molar-refractivity contribution in [3.63, 3.8) is 0 Å². The topological polar surface area (TPSA) is 145 Å². The van der Waals surface area contributed by atoms with Gasteiger partial charge in [-0.3, -0.25) is 14.9 Å². The van der Waals surface area contributed by atoms with E-state index in [1.54, 1.807) is 25.1 Å². The highest BCUT2D eigenvalue weighted by Gasteiger charge is 2.34. The lowest BCUT2D eigenvalue weighted by molar-refractivity contribution is -0.125. The number of ether oxygens (including phenoxy) is 2. The van der Waals surface area contributed by atoms with Crippen LogP contribution in [0, 0.1) is 5.92 Å². The zero-order valence-corrected chi connectivity index (χ0v) is 16.1. The van der Waals surface area contributed by atoms with Crippen molar-refractivity contribution in [3.05, 3.63) is 24.1 Å². The van der Waals surface area contributed by atoms with Crippen LogP contribution in [-0.4, -0.2) is 46.6 Å². The first kappa shape index (κ1) is 19.1. The summed E-state index contributed by atoms with van der Waals surface area (Å²) < 4.78 is 16.0. The Hall–Kier alpha value is -3.28. The number of aromatic nitrogens is 2. The van der Waals surface area contributed by atoms with Crippen LogP contribution in [0.25, 0.3) is 0 Å². The monoisotopic (exact) mass is 419 g/mol. The molecule has 3 heterocycles. The summed E-state index contributed by atoms with van der Waals surface area (Å²) in [5.74, 6) is 0.373. The van der Waals surface area contributed by atoms with Crippen molar-refractivity contribution in [2.45, 2.75) is 24.6 Å². The van der Waals surface area contributed by atoms with E-state index < -0.39 is 17.9 Å². The maximum atomic E-state index is 12.1. The summed E-state index contributed by atoms with van der Waals surface area (Å²) >= 11 is 1.08. The van der Waals surface area contributed by atoms with Gasteiger partial charge in [-0.25, -0.2) is 4.79 Å². The van der Waals surface area contributed by atoms with E-state index in [1.165, 1.54) is 0 Å². The second-order valence-corrected chi connectivity index (χ2v) is 7.36. The second-order valence-electron chi connectivity index (χ2n) is 6.43. The van der Waals surface area contributed by atoms with Gasteiger partial charge in [0.25, 0.3) is 5.22 Å². The molecule has 0 bridgehead atoms. The molecule has 11 nitrogen and oxygen atoms in total. The molecule has 152 valence electrons. The van der Waals surface area contributed by atoms with Gasteiger partial charge < -0.3 is 24.5 Å². The van der Waals surface area contributed by atoms with E-state index in [4.69, 9.17) is 13.9 Å². The summed E-state index contributed by atoms with van der Waals surface area (Å²) in [5.41, 5.74) is 0.588. The normalized spacial score (nSPS) is 20.2. The minimum atomic E-state index is -0.519. The Morgan fingerprint density at radius 3 is 2.93 bits per heavy atom. The highest BCUT2D eigenvalue weighted by molar-refractivity contribution is 7.99. The molecule has 1 aromatic heterocycles. The molecular formula is C17H17N5O6S. The van der Waals surface area contributed by atoms with Gasteiger partial charge in [0, 0.05) is 24.2 Å². The molecule has 1 aromatic carbocycles. The summed E-state index contributed by atoms with van der Waals surface area (Å²) in [5, 5.41) is 15.6. The molecule has 4 rings (SSSR count). The average Bonchev–Trinajstić information content (AvgIpc) is 3.31. The molecule has 0 spiro atoms. The summed E-state index contributed by atoms with van der Waals surface area (Å²) in [4.78, 5) is 35.4. The Bertz CT molecular complexity index is 964. The van der Waals surface area contributed by atoms with Crippen LogP contribution in [0.4, 0.5) is 10.5 Å². The van der Waals surface area contributed by atoms with Crippen LogP contribution in [0.3, 0.4) is 0 Å². The predicted molar refractivity (Wildman–Crippen MR) is 99.5 cm³/mol. The fraction of sp³-hybridized carbons (Fsp3) is 0.353. The summed E-state index contributed by atoms with van der Waals surface area (Å²) in [6.07, 6.45) is 0.185. The molecule has 1 saturated heterocycles. The molecule has 2 aliphatic heterocycles. The maximum Gasteiger partial charge on any atom is 0.321 e. The Morgan fingerprint density at radius 1 is 1.28 bits per heavy atom. The average molecular weight is 419 g/mol. The number of benzene rings is 1. The number of hydrogen-bond donors (Lipinski definition) is 3. The lowest BCUT2D eigenvalue weighted by Crippen LogP contribution is -2.57. The Kier molecular flexibility index (Phi) is 5.25. The van der Waals surface area contributed by atoms with E-state index in [9.17, 15) is 14.4 Å². The first-order valence-corrected chi connectivity index (χ1v) is 9.72. The predicted octanol–water partition coefficient (Wildman–Crippen LogP) is 0.916. The minimum Gasteiger partial charge on any atom is -0.454 e. The summed E-state index contributed by atoms with van der Waals surface area (Å²) in [7, 11) is 0. The number of thioether (sulfide) groups is 1. The number of nitrogens with zero attached hydrogens (tertiary/aromatic N) is 2. The van der Waals surface area contributed by atoms with Gasteiger partial charge in [-0.1, -0.05) is 11.8 Å². The Labute approximate surface area is 168 Å². The van der Waals surface area contributed by atoms with Crippen LogP contribution < -0.4 is 25.4 Å². The van der Waals surface area contributed by atoms with E-state index in [2.05, 4.69) is 26.1 Å². The number of nitrogens with one attached hydrogen (secondary N) is 3. The quantitative estimate of drug-likeness (QED) is 0.582. The number of rotatable bonds is 6. The van der Waals surface area contributed by atoms with Gasteiger partial charge >= 0.3 is 6.03 Å². The standard InChI is InChI=1S/C17H17N5O6S/c1-8-10(15(24)20-16(25)18-8)5-14-21-22-17(28-14)29-6-13(23)19-9-2-3-11-12(4-9)27-7-26-11/h2-4,8,10H,5-7H2,1H3,(H,19,23)(H2,18,20,24,25). The number of urea groups is 1. The SMILES string of the molecule is CC1NC(=O)NC(=O)C1Cc1nnc(SCC(=O)Nc2ccc3c(c2)OCO3)o1. The molecule has 29 heavy (non-hydrogen) atoms. The van der Waals surface area contributed by atoms with Crippen LogP contribution in [0.15, 0.2) is 27.8 Å². The highest BCUT2D eigenvalue weighted by atomic mass is 32.2. The van der Waals surface area contributed by atoms with Crippen molar-refractivity contribution in [2.75, 3.05) is 17.9 Å². The molecule has 2 atom stereocenters. The first-order valence-electron chi connectivity index (χ1n) is 8.74. The molecule has 1 fully saturated rings. The first-order chi connectivity index (χ1) is 14.0. The van der Waals surface area contributed by atoms with Gasteiger partial charge in [0.2, 0.25) is 24.5 Å². The van der Waals surface area contributed by atoms with Gasteiger partial charge in [-0.05, 0) is 19.1 Å². The Morgan fingerprint density at radius 2 is 2.10 bits per heavy atom. The highest BCUT2D eigenvalue weighted by Crippen LogP contribution is 2.34. The summed E-state index contributed by atoms with van der Waals surface area (Å²) in [6, 6.07) is 4.25. The van der Waals surface area contributed by atoms with E-state index in [-0.39, 0.29) is 42.0 Å². The van der Waals surface area contributed by atoms with Crippen molar-refractivity contribution < 1.29 is 28.3 Å².